The zero-order chi connectivity index (χ0) is 13.9. The molecule has 5 heteroatoms. The van der Waals surface area contributed by atoms with E-state index in [1.165, 1.54) is 10.4 Å². The summed E-state index contributed by atoms with van der Waals surface area (Å²) >= 11 is 9.59. The molecule has 1 aromatic heterocycles. The molecule has 1 aromatic carbocycles. The van der Waals surface area contributed by atoms with Crippen LogP contribution in [-0.4, -0.2) is 12.0 Å². The van der Waals surface area contributed by atoms with Crippen molar-refractivity contribution in [2.24, 2.45) is 16.1 Å². The quantitative estimate of drug-likeness (QED) is 0.716. The minimum atomic E-state index is 0.145. The van der Waals surface area contributed by atoms with E-state index in [-0.39, 0.29) is 12.1 Å². The first-order valence-electron chi connectivity index (χ1n) is 6.47. The first-order valence-corrected chi connectivity index (χ1v) is 9.12. The Morgan fingerprint density at radius 1 is 1.15 bits per heavy atom. The van der Waals surface area contributed by atoms with E-state index in [1.807, 2.05) is 23.9 Å². The van der Waals surface area contributed by atoms with Gasteiger partial charge in [0.2, 0.25) is 0 Å². The number of azo groups is 1. The van der Waals surface area contributed by atoms with E-state index in [1.54, 1.807) is 11.3 Å². The summed E-state index contributed by atoms with van der Waals surface area (Å²) in [5, 5.41) is 12.0. The molecule has 2 aromatic rings. The highest BCUT2D eigenvalue weighted by Crippen LogP contribution is 2.46. The van der Waals surface area contributed by atoms with Crippen LogP contribution in [0.4, 0.5) is 0 Å². The number of nitrogens with zero attached hydrogens (tertiary/aromatic N) is 2. The van der Waals surface area contributed by atoms with E-state index in [0.717, 1.165) is 10.8 Å². The Morgan fingerprint density at radius 3 is 2.55 bits per heavy atom. The van der Waals surface area contributed by atoms with Gasteiger partial charge in [0.15, 0.2) is 0 Å². The van der Waals surface area contributed by atoms with Gasteiger partial charge < -0.3 is 0 Å². The Kier molecular flexibility index (Phi) is 4.44. The lowest BCUT2D eigenvalue weighted by Crippen LogP contribution is -2.15. The molecule has 3 atom stereocenters. The van der Waals surface area contributed by atoms with Crippen LogP contribution < -0.4 is 0 Å². The van der Waals surface area contributed by atoms with Gasteiger partial charge in [-0.3, -0.25) is 0 Å². The monoisotopic (exact) mass is 322 g/mol. The molecule has 3 unspecified atom stereocenters. The molecule has 0 radical (unpaired) electrons. The van der Waals surface area contributed by atoms with Crippen molar-refractivity contribution in [2.75, 3.05) is 12.0 Å². The fourth-order valence-electron chi connectivity index (χ4n) is 2.56. The van der Waals surface area contributed by atoms with Crippen molar-refractivity contribution in [1.29, 1.82) is 0 Å². The molecule has 0 aliphatic carbocycles. The lowest BCUT2D eigenvalue weighted by Gasteiger charge is -2.20. The summed E-state index contributed by atoms with van der Waals surface area (Å²) in [7, 11) is 0. The summed E-state index contributed by atoms with van der Waals surface area (Å²) < 4.78 is 0. The largest absolute Gasteiger partial charge is 0.185 e. The second-order valence-corrected chi connectivity index (χ2v) is 7.13. The van der Waals surface area contributed by atoms with Crippen LogP contribution in [0.15, 0.2) is 52.0 Å². The Hall–Kier alpha value is -0.840. The predicted molar refractivity (Wildman–Crippen MR) is 88.0 cm³/mol. The van der Waals surface area contributed by atoms with Crippen LogP contribution in [0.3, 0.4) is 0 Å². The highest BCUT2D eigenvalue weighted by Gasteiger charge is 2.36. The summed E-state index contributed by atoms with van der Waals surface area (Å²) in [6.45, 7) is 0. The molecule has 0 amide bonds. The number of benzene rings is 1. The standard InChI is InChI=1S/C15H15ClN2S2/c1-19-9-12-14(10-4-6-11(16)7-5-10)17-18-15(12)13-3-2-8-20-13/h2-8,12,14-15H,9H2,1H3. The zero-order valence-corrected chi connectivity index (χ0v) is 13.5. The summed E-state index contributed by atoms with van der Waals surface area (Å²) in [6, 6.07) is 12.6. The average Bonchev–Trinajstić information content (AvgIpc) is 3.09. The Labute approximate surface area is 132 Å². The Morgan fingerprint density at radius 2 is 1.90 bits per heavy atom. The second-order valence-electron chi connectivity index (χ2n) is 4.81. The number of rotatable bonds is 4. The van der Waals surface area contributed by atoms with Crippen LogP contribution in [0.1, 0.15) is 22.5 Å². The number of hydrogen-bond acceptors (Lipinski definition) is 4. The van der Waals surface area contributed by atoms with Gasteiger partial charge in [-0.15, -0.1) is 11.3 Å². The maximum Gasteiger partial charge on any atom is 0.111 e. The molecule has 0 spiro atoms. The molecular formula is C15H15ClN2S2. The van der Waals surface area contributed by atoms with Crippen molar-refractivity contribution < 1.29 is 0 Å². The molecule has 0 saturated carbocycles. The van der Waals surface area contributed by atoms with Crippen LogP contribution in [0, 0.1) is 5.92 Å². The fraction of sp³-hybridized carbons (Fsp3) is 0.333. The lowest BCUT2D eigenvalue weighted by atomic mass is 9.90. The summed E-state index contributed by atoms with van der Waals surface area (Å²) in [4.78, 5) is 1.31. The van der Waals surface area contributed by atoms with Crippen molar-refractivity contribution in [3.05, 3.63) is 57.2 Å². The lowest BCUT2D eigenvalue weighted by molar-refractivity contribution is 0.477. The van der Waals surface area contributed by atoms with Crippen molar-refractivity contribution in [1.82, 2.24) is 0 Å². The van der Waals surface area contributed by atoms with E-state index >= 15 is 0 Å². The van der Waals surface area contributed by atoms with Crippen molar-refractivity contribution in [3.63, 3.8) is 0 Å². The van der Waals surface area contributed by atoms with E-state index in [9.17, 15) is 0 Å². The average molecular weight is 323 g/mol. The van der Waals surface area contributed by atoms with Gasteiger partial charge in [-0.2, -0.15) is 22.0 Å². The van der Waals surface area contributed by atoms with Gasteiger partial charge >= 0.3 is 0 Å². The molecule has 2 nitrogen and oxygen atoms in total. The molecule has 0 bridgehead atoms. The third kappa shape index (κ3) is 2.78. The maximum atomic E-state index is 5.97. The van der Waals surface area contributed by atoms with Crippen molar-refractivity contribution >= 4 is 34.7 Å². The highest BCUT2D eigenvalue weighted by atomic mass is 35.5. The maximum absolute atomic E-state index is 5.97. The number of thioether (sulfide) groups is 1. The van der Waals surface area contributed by atoms with Crippen LogP contribution >= 0.6 is 34.7 Å². The van der Waals surface area contributed by atoms with E-state index in [0.29, 0.717) is 5.92 Å². The topological polar surface area (TPSA) is 24.7 Å². The van der Waals surface area contributed by atoms with E-state index in [4.69, 9.17) is 11.6 Å². The third-order valence-electron chi connectivity index (χ3n) is 3.53. The number of hydrogen-bond donors (Lipinski definition) is 0. The van der Waals surface area contributed by atoms with Crippen LogP contribution in [0.2, 0.25) is 5.02 Å². The Bertz CT molecular complexity index is 580. The fourth-order valence-corrected chi connectivity index (χ4v) is 4.27. The molecular weight excluding hydrogens is 308 g/mol. The van der Waals surface area contributed by atoms with Gasteiger partial charge in [0.25, 0.3) is 0 Å². The molecule has 0 saturated heterocycles. The first kappa shape index (κ1) is 14.1. The summed E-state index contributed by atoms with van der Waals surface area (Å²) in [6.07, 6.45) is 2.14. The molecule has 2 heterocycles. The zero-order valence-electron chi connectivity index (χ0n) is 11.1. The van der Waals surface area contributed by atoms with Gasteiger partial charge in [0.05, 0.1) is 0 Å². The van der Waals surface area contributed by atoms with Crippen LogP contribution in [0.25, 0.3) is 0 Å². The Balaban J connectivity index is 1.88. The number of thiophene rings is 1. The first-order chi connectivity index (χ1) is 9.79. The van der Waals surface area contributed by atoms with Gasteiger partial charge in [0.1, 0.15) is 12.1 Å². The minimum absolute atomic E-state index is 0.145. The van der Waals surface area contributed by atoms with Crippen molar-refractivity contribution in [2.45, 2.75) is 12.1 Å². The number of halogens is 1. The van der Waals surface area contributed by atoms with E-state index in [2.05, 4.69) is 46.1 Å². The molecule has 20 heavy (non-hydrogen) atoms. The molecule has 1 aliphatic heterocycles. The van der Waals surface area contributed by atoms with Gasteiger partial charge in [-0.1, -0.05) is 29.8 Å². The predicted octanol–water partition coefficient (Wildman–Crippen LogP) is 5.63. The summed E-state index contributed by atoms with van der Waals surface area (Å²) in [5.74, 6) is 1.48. The normalized spacial score (nSPS) is 25.2. The van der Waals surface area contributed by atoms with Gasteiger partial charge in [-0.05, 0) is 35.4 Å². The van der Waals surface area contributed by atoms with Gasteiger partial charge in [0, 0.05) is 21.6 Å². The van der Waals surface area contributed by atoms with E-state index < -0.39 is 0 Å². The molecule has 0 N–H and O–H groups in total. The van der Waals surface area contributed by atoms with Crippen LogP contribution in [0.5, 0.6) is 0 Å². The molecule has 104 valence electrons. The molecule has 3 rings (SSSR count). The summed E-state index contributed by atoms with van der Waals surface area (Å²) in [5.41, 5.74) is 1.20. The highest BCUT2D eigenvalue weighted by molar-refractivity contribution is 7.98. The van der Waals surface area contributed by atoms with Crippen LogP contribution in [-0.2, 0) is 0 Å². The smallest absolute Gasteiger partial charge is 0.111 e. The van der Waals surface area contributed by atoms with Crippen molar-refractivity contribution in [3.8, 4) is 0 Å². The minimum Gasteiger partial charge on any atom is -0.185 e. The molecule has 1 aliphatic rings. The third-order valence-corrected chi connectivity index (χ3v) is 5.45. The van der Waals surface area contributed by atoms with Gasteiger partial charge in [-0.25, -0.2) is 0 Å². The second kappa shape index (κ2) is 6.29. The molecule has 0 fully saturated rings. The SMILES string of the molecule is CSCC1C(c2ccc(Cl)cc2)N=NC1c1cccs1.